The van der Waals surface area contributed by atoms with Gasteiger partial charge in [0, 0.05) is 32.7 Å². The molecule has 1 fully saturated rings. The zero-order chi connectivity index (χ0) is 19.9. The van der Waals surface area contributed by atoms with Gasteiger partial charge in [-0.2, -0.15) is 0 Å². The molecule has 1 aliphatic rings. The monoisotopic (exact) mass is 383 g/mol. The molecule has 2 aromatic rings. The van der Waals surface area contributed by atoms with Gasteiger partial charge < -0.3 is 15.6 Å². The first-order valence-corrected chi connectivity index (χ1v) is 9.71. The largest absolute Gasteiger partial charge is 0.491 e. The number of aliphatic hydroxyl groups is 1. The molecule has 3 N–H and O–H groups in total. The summed E-state index contributed by atoms with van der Waals surface area (Å²) in [5.74, 6) is 0.433. The van der Waals surface area contributed by atoms with Crippen LogP contribution in [0, 0.1) is 6.92 Å². The second kappa shape index (κ2) is 9.68. The third-order valence-electron chi connectivity index (χ3n) is 5.09. The van der Waals surface area contributed by atoms with Crippen molar-refractivity contribution >= 4 is 5.91 Å². The third-order valence-corrected chi connectivity index (χ3v) is 5.09. The predicted octanol–water partition coefficient (Wildman–Crippen LogP) is 1.58. The van der Waals surface area contributed by atoms with E-state index in [9.17, 15) is 9.90 Å². The van der Waals surface area contributed by atoms with E-state index in [2.05, 4.69) is 9.80 Å². The van der Waals surface area contributed by atoms with E-state index in [0.29, 0.717) is 6.54 Å². The first kappa shape index (κ1) is 20.3. The minimum absolute atomic E-state index is 0.261. The average molecular weight is 383 g/mol. The van der Waals surface area contributed by atoms with Crippen molar-refractivity contribution in [3.05, 3.63) is 65.7 Å². The maximum Gasteiger partial charge on any atom is 0.239 e. The van der Waals surface area contributed by atoms with Crippen molar-refractivity contribution < 1.29 is 14.6 Å². The molecule has 3 rings (SSSR count). The summed E-state index contributed by atoms with van der Waals surface area (Å²) in [5, 5.41) is 10.3. The van der Waals surface area contributed by atoms with Gasteiger partial charge >= 0.3 is 0 Å². The van der Waals surface area contributed by atoms with E-state index in [0.717, 1.165) is 43.1 Å². The molecular formula is C22H29N3O3. The highest BCUT2D eigenvalue weighted by Gasteiger charge is 2.29. The quantitative estimate of drug-likeness (QED) is 0.724. The highest BCUT2D eigenvalue weighted by molar-refractivity contribution is 5.81. The number of para-hydroxylation sites is 1. The fourth-order valence-electron chi connectivity index (χ4n) is 3.57. The number of carbonyl (C=O) groups excluding carboxylic acids is 1. The fraction of sp³-hybridized carbons (Fsp3) is 0.409. The maximum atomic E-state index is 12.1. The molecule has 150 valence electrons. The second-order valence-electron chi connectivity index (χ2n) is 7.33. The molecule has 1 amide bonds. The Morgan fingerprint density at radius 3 is 2.32 bits per heavy atom. The lowest BCUT2D eigenvalue weighted by Gasteiger charge is -2.38. The molecule has 1 saturated heterocycles. The Bertz CT molecular complexity index is 743. The van der Waals surface area contributed by atoms with Crippen LogP contribution in [-0.4, -0.2) is 66.2 Å². The lowest BCUT2D eigenvalue weighted by molar-refractivity contribution is -0.124. The van der Waals surface area contributed by atoms with Gasteiger partial charge in [0.25, 0.3) is 0 Å². The first-order valence-electron chi connectivity index (χ1n) is 9.71. The molecule has 2 aromatic carbocycles. The molecule has 1 aliphatic heterocycles. The van der Waals surface area contributed by atoms with E-state index >= 15 is 0 Å². The van der Waals surface area contributed by atoms with Crippen LogP contribution in [0.25, 0.3) is 0 Å². The molecule has 0 saturated carbocycles. The maximum absolute atomic E-state index is 12.1. The van der Waals surface area contributed by atoms with E-state index in [-0.39, 0.29) is 12.5 Å². The van der Waals surface area contributed by atoms with Gasteiger partial charge in [0.1, 0.15) is 24.5 Å². The number of piperazine rings is 1. The summed E-state index contributed by atoms with van der Waals surface area (Å²) in [5.41, 5.74) is 7.79. The van der Waals surface area contributed by atoms with Gasteiger partial charge in [-0.05, 0) is 24.6 Å². The number of β-amino-alcohol motifs (C(OH)–C–C–N with tert-alkyl or cyclic N) is 1. The SMILES string of the molecule is Cc1ccc(C(C(N)=O)N2CCN(CC(O)COc3ccccc3)CC2)cc1. The molecule has 0 aliphatic carbocycles. The molecule has 0 aromatic heterocycles. The Morgan fingerprint density at radius 1 is 1.07 bits per heavy atom. The zero-order valence-corrected chi connectivity index (χ0v) is 16.3. The van der Waals surface area contributed by atoms with Gasteiger partial charge in [-0.3, -0.25) is 14.6 Å². The smallest absolute Gasteiger partial charge is 0.239 e. The van der Waals surface area contributed by atoms with Crippen molar-refractivity contribution in [3.63, 3.8) is 0 Å². The second-order valence-corrected chi connectivity index (χ2v) is 7.33. The fourth-order valence-corrected chi connectivity index (χ4v) is 3.57. The van der Waals surface area contributed by atoms with Gasteiger partial charge in [-0.25, -0.2) is 0 Å². The third kappa shape index (κ3) is 5.55. The number of primary amides is 1. The predicted molar refractivity (Wildman–Crippen MR) is 109 cm³/mol. The van der Waals surface area contributed by atoms with Crippen molar-refractivity contribution in [3.8, 4) is 5.75 Å². The number of benzene rings is 2. The zero-order valence-electron chi connectivity index (χ0n) is 16.3. The van der Waals surface area contributed by atoms with Gasteiger partial charge in [-0.15, -0.1) is 0 Å². The molecule has 0 bridgehead atoms. The van der Waals surface area contributed by atoms with E-state index in [1.54, 1.807) is 0 Å². The summed E-state index contributed by atoms with van der Waals surface area (Å²) in [6.07, 6.45) is -0.559. The van der Waals surface area contributed by atoms with Gasteiger partial charge in [0.2, 0.25) is 5.91 Å². The number of nitrogens with zero attached hydrogens (tertiary/aromatic N) is 2. The van der Waals surface area contributed by atoms with Crippen molar-refractivity contribution in [1.29, 1.82) is 0 Å². The Kier molecular flexibility index (Phi) is 7.03. The van der Waals surface area contributed by atoms with Crippen LogP contribution in [0.2, 0.25) is 0 Å². The average Bonchev–Trinajstić information content (AvgIpc) is 2.70. The number of aryl methyl sites for hydroxylation is 1. The number of rotatable bonds is 8. The number of amides is 1. The van der Waals surface area contributed by atoms with Gasteiger partial charge in [0.15, 0.2) is 0 Å². The summed E-state index contributed by atoms with van der Waals surface area (Å²) >= 11 is 0. The van der Waals surface area contributed by atoms with Gasteiger partial charge in [0.05, 0.1) is 0 Å². The molecule has 2 unspecified atom stereocenters. The number of carbonyl (C=O) groups is 1. The summed E-state index contributed by atoms with van der Waals surface area (Å²) in [4.78, 5) is 16.4. The van der Waals surface area contributed by atoms with Gasteiger partial charge in [-0.1, -0.05) is 48.0 Å². The van der Waals surface area contributed by atoms with Crippen LogP contribution in [-0.2, 0) is 4.79 Å². The van der Waals surface area contributed by atoms with E-state index < -0.39 is 12.1 Å². The van der Waals surface area contributed by atoms with Crippen LogP contribution >= 0.6 is 0 Å². The molecule has 0 spiro atoms. The topological polar surface area (TPSA) is 79.0 Å². The van der Waals surface area contributed by atoms with Crippen LogP contribution in [0.1, 0.15) is 17.2 Å². The molecule has 0 radical (unpaired) electrons. The molecule has 6 heteroatoms. The number of ether oxygens (including phenoxy) is 1. The normalized spacial score (nSPS) is 17.8. The summed E-state index contributed by atoms with van der Waals surface area (Å²) < 4.78 is 5.62. The Hall–Kier alpha value is -2.41. The van der Waals surface area contributed by atoms with Crippen molar-refractivity contribution in [2.24, 2.45) is 5.73 Å². The number of hydrogen-bond acceptors (Lipinski definition) is 5. The Morgan fingerprint density at radius 2 is 1.71 bits per heavy atom. The number of hydrogen-bond donors (Lipinski definition) is 2. The van der Waals surface area contributed by atoms with Crippen molar-refractivity contribution in [2.45, 2.75) is 19.1 Å². The lowest BCUT2D eigenvalue weighted by atomic mass is 10.0. The highest BCUT2D eigenvalue weighted by atomic mass is 16.5. The van der Waals surface area contributed by atoms with Crippen molar-refractivity contribution in [2.75, 3.05) is 39.3 Å². The van der Waals surface area contributed by atoms with Crippen LogP contribution in [0.5, 0.6) is 5.75 Å². The van der Waals surface area contributed by atoms with Crippen LogP contribution in [0.4, 0.5) is 0 Å². The van der Waals surface area contributed by atoms with Crippen LogP contribution < -0.4 is 10.5 Å². The van der Waals surface area contributed by atoms with Crippen molar-refractivity contribution in [1.82, 2.24) is 9.80 Å². The first-order chi connectivity index (χ1) is 13.5. The molecule has 6 nitrogen and oxygen atoms in total. The Labute approximate surface area is 166 Å². The highest BCUT2D eigenvalue weighted by Crippen LogP contribution is 2.22. The Balaban J connectivity index is 1.48. The summed E-state index contributed by atoms with van der Waals surface area (Å²) in [6, 6.07) is 17.0. The van der Waals surface area contributed by atoms with E-state index in [1.165, 1.54) is 0 Å². The molecule has 28 heavy (non-hydrogen) atoms. The minimum atomic E-state index is -0.559. The number of aliphatic hydroxyl groups excluding tert-OH is 1. The minimum Gasteiger partial charge on any atom is -0.491 e. The number of nitrogens with two attached hydrogens (primary N) is 1. The lowest BCUT2D eigenvalue weighted by Crippen LogP contribution is -2.52. The standard InChI is InChI=1S/C22H29N3O3/c1-17-7-9-18(10-8-17)21(22(23)27)25-13-11-24(12-14-25)15-19(26)16-28-20-5-3-2-4-6-20/h2-10,19,21,26H,11-16H2,1H3,(H2,23,27). The van der Waals surface area contributed by atoms with Crippen LogP contribution in [0.3, 0.4) is 0 Å². The summed E-state index contributed by atoms with van der Waals surface area (Å²) in [7, 11) is 0. The molecule has 1 heterocycles. The summed E-state index contributed by atoms with van der Waals surface area (Å²) in [6.45, 7) is 5.84. The van der Waals surface area contributed by atoms with E-state index in [1.807, 2.05) is 61.5 Å². The van der Waals surface area contributed by atoms with E-state index in [4.69, 9.17) is 10.5 Å². The van der Waals surface area contributed by atoms with Crippen LogP contribution in [0.15, 0.2) is 54.6 Å². The molecule has 2 atom stereocenters. The molecular weight excluding hydrogens is 354 g/mol.